The number of hydrogen-bond acceptors (Lipinski definition) is 4. The van der Waals surface area contributed by atoms with Crippen molar-refractivity contribution < 1.29 is 26.4 Å². The maximum absolute atomic E-state index is 12.8. The second-order valence-electron chi connectivity index (χ2n) is 5.62. The van der Waals surface area contributed by atoms with Crippen molar-refractivity contribution in [3.8, 4) is 0 Å². The van der Waals surface area contributed by atoms with Gasteiger partial charge in [0.05, 0.1) is 28.9 Å². The Hall–Kier alpha value is -2.46. The summed E-state index contributed by atoms with van der Waals surface area (Å²) >= 11 is 0. The third kappa shape index (κ3) is 3.56. The molecule has 138 valence electrons. The molecule has 0 N–H and O–H groups in total. The summed E-state index contributed by atoms with van der Waals surface area (Å²) in [5.74, 6) is -0.472. The Balaban J connectivity index is 1.83. The fraction of sp³-hybridized carbons (Fsp3) is 0.250. The van der Waals surface area contributed by atoms with E-state index in [2.05, 4.69) is 4.98 Å². The van der Waals surface area contributed by atoms with Crippen LogP contribution in [0.1, 0.15) is 5.56 Å². The van der Waals surface area contributed by atoms with Crippen LogP contribution in [-0.2, 0) is 21.0 Å². The standard InChI is InChI=1S/C16H14F3N3O3S/c17-16(18,19)12-3-1-5-14(9-12)26(24,25)21-7-8-22(15(23)11-21)13-4-2-6-20-10-13/h1-6,9-10H,7-8,11H2. The molecule has 1 fully saturated rings. The Bertz CT molecular complexity index is 917. The van der Waals surface area contributed by atoms with Gasteiger partial charge in [-0.15, -0.1) is 0 Å². The van der Waals surface area contributed by atoms with Crippen molar-refractivity contribution in [1.82, 2.24) is 9.29 Å². The molecule has 1 aliphatic heterocycles. The number of hydrogen-bond donors (Lipinski definition) is 0. The third-order valence-corrected chi connectivity index (χ3v) is 5.78. The zero-order chi connectivity index (χ0) is 18.9. The Morgan fingerprint density at radius 1 is 1.08 bits per heavy atom. The molecule has 2 aromatic rings. The summed E-state index contributed by atoms with van der Waals surface area (Å²) in [6.45, 7) is -0.393. The number of alkyl halides is 3. The first kappa shape index (κ1) is 18.3. The Morgan fingerprint density at radius 3 is 2.46 bits per heavy atom. The van der Waals surface area contributed by atoms with Crippen LogP contribution in [0.5, 0.6) is 0 Å². The fourth-order valence-electron chi connectivity index (χ4n) is 2.63. The highest BCUT2D eigenvalue weighted by Crippen LogP contribution is 2.31. The quantitative estimate of drug-likeness (QED) is 0.812. The molecule has 2 heterocycles. The molecule has 0 spiro atoms. The summed E-state index contributed by atoms with van der Waals surface area (Å²) in [6, 6.07) is 6.81. The highest BCUT2D eigenvalue weighted by atomic mass is 32.2. The summed E-state index contributed by atoms with van der Waals surface area (Å²) in [7, 11) is -4.21. The normalized spacial score (nSPS) is 16.7. The van der Waals surface area contributed by atoms with Gasteiger partial charge in [-0.25, -0.2) is 8.42 Å². The van der Waals surface area contributed by atoms with Crippen LogP contribution in [0.15, 0.2) is 53.7 Å². The minimum Gasteiger partial charge on any atom is -0.308 e. The van der Waals surface area contributed by atoms with Crippen LogP contribution in [0, 0.1) is 0 Å². The van der Waals surface area contributed by atoms with Crippen molar-refractivity contribution >= 4 is 21.6 Å². The molecule has 1 amide bonds. The van der Waals surface area contributed by atoms with Crippen LogP contribution in [0.25, 0.3) is 0 Å². The van der Waals surface area contributed by atoms with Gasteiger partial charge < -0.3 is 4.90 Å². The van der Waals surface area contributed by atoms with Gasteiger partial charge >= 0.3 is 6.18 Å². The average molecular weight is 385 g/mol. The van der Waals surface area contributed by atoms with Gasteiger partial charge in [-0.1, -0.05) is 6.07 Å². The second-order valence-corrected chi connectivity index (χ2v) is 7.56. The van der Waals surface area contributed by atoms with Crippen LogP contribution in [0.4, 0.5) is 18.9 Å². The predicted octanol–water partition coefficient (Wildman–Crippen LogP) is 2.14. The number of sulfonamides is 1. The smallest absolute Gasteiger partial charge is 0.308 e. The van der Waals surface area contributed by atoms with Crippen LogP contribution in [0.3, 0.4) is 0 Å². The molecule has 1 aromatic carbocycles. The number of halogens is 3. The SMILES string of the molecule is O=C1CN(S(=O)(=O)c2cccc(C(F)(F)F)c2)CCN1c1cccnc1. The van der Waals surface area contributed by atoms with Crippen molar-refractivity contribution in [2.75, 3.05) is 24.5 Å². The molecule has 0 aliphatic carbocycles. The van der Waals surface area contributed by atoms with Gasteiger partial charge in [0.2, 0.25) is 15.9 Å². The monoisotopic (exact) mass is 385 g/mol. The van der Waals surface area contributed by atoms with Gasteiger partial charge in [-0.05, 0) is 30.3 Å². The molecule has 0 saturated carbocycles. The van der Waals surface area contributed by atoms with Crippen molar-refractivity contribution in [3.05, 3.63) is 54.4 Å². The van der Waals surface area contributed by atoms with E-state index in [9.17, 15) is 26.4 Å². The Kier molecular flexibility index (Phi) is 4.72. The van der Waals surface area contributed by atoms with Gasteiger partial charge in [0.15, 0.2) is 0 Å². The maximum Gasteiger partial charge on any atom is 0.416 e. The van der Waals surface area contributed by atoms with E-state index in [1.165, 1.54) is 11.1 Å². The van der Waals surface area contributed by atoms with Crippen molar-refractivity contribution in [2.45, 2.75) is 11.1 Å². The number of carbonyl (C=O) groups excluding carboxylic acids is 1. The molecular weight excluding hydrogens is 371 g/mol. The zero-order valence-electron chi connectivity index (χ0n) is 13.3. The van der Waals surface area contributed by atoms with Crippen LogP contribution in [-0.4, -0.2) is 43.2 Å². The molecule has 0 bridgehead atoms. The summed E-state index contributed by atoms with van der Waals surface area (Å²) < 4.78 is 64.6. The molecule has 6 nitrogen and oxygen atoms in total. The van der Waals surface area contributed by atoms with Gasteiger partial charge in [0, 0.05) is 19.3 Å². The fourth-order valence-corrected chi connectivity index (χ4v) is 4.05. The maximum atomic E-state index is 12.8. The van der Waals surface area contributed by atoms with Crippen LogP contribution < -0.4 is 4.90 Å². The number of amides is 1. The second kappa shape index (κ2) is 6.69. The number of aromatic nitrogens is 1. The number of anilines is 1. The molecule has 0 unspecified atom stereocenters. The first-order valence-electron chi connectivity index (χ1n) is 7.57. The lowest BCUT2D eigenvalue weighted by Gasteiger charge is -2.33. The highest BCUT2D eigenvalue weighted by Gasteiger charge is 2.36. The topological polar surface area (TPSA) is 70.6 Å². The largest absolute Gasteiger partial charge is 0.416 e. The van der Waals surface area contributed by atoms with E-state index in [0.29, 0.717) is 11.8 Å². The van der Waals surface area contributed by atoms with Gasteiger partial charge in [0.25, 0.3) is 0 Å². The van der Waals surface area contributed by atoms with E-state index in [1.807, 2.05) is 0 Å². The van der Waals surface area contributed by atoms with Gasteiger partial charge in [0.1, 0.15) is 0 Å². The first-order valence-corrected chi connectivity index (χ1v) is 9.01. The van der Waals surface area contributed by atoms with E-state index in [0.717, 1.165) is 22.5 Å². The number of pyridine rings is 1. The zero-order valence-corrected chi connectivity index (χ0v) is 14.2. The van der Waals surface area contributed by atoms with Gasteiger partial charge in [-0.2, -0.15) is 17.5 Å². The molecule has 1 saturated heterocycles. The summed E-state index contributed by atoms with van der Waals surface area (Å²) in [5.41, 5.74) is -0.521. The van der Waals surface area contributed by atoms with Gasteiger partial charge in [-0.3, -0.25) is 9.78 Å². The van der Waals surface area contributed by atoms with E-state index in [1.54, 1.807) is 18.3 Å². The number of benzene rings is 1. The van der Waals surface area contributed by atoms with Crippen molar-refractivity contribution in [3.63, 3.8) is 0 Å². The third-order valence-electron chi connectivity index (χ3n) is 3.94. The highest BCUT2D eigenvalue weighted by molar-refractivity contribution is 7.89. The number of carbonyl (C=O) groups is 1. The number of nitrogens with zero attached hydrogens (tertiary/aromatic N) is 3. The molecule has 0 atom stereocenters. The van der Waals surface area contributed by atoms with Crippen LogP contribution in [0.2, 0.25) is 0 Å². The Labute approximate surface area is 147 Å². The van der Waals surface area contributed by atoms with Crippen molar-refractivity contribution in [1.29, 1.82) is 0 Å². The van der Waals surface area contributed by atoms with E-state index in [4.69, 9.17) is 0 Å². The minimum absolute atomic E-state index is 0.0286. The van der Waals surface area contributed by atoms with E-state index in [-0.39, 0.29) is 13.1 Å². The predicted molar refractivity (Wildman–Crippen MR) is 86.8 cm³/mol. The molecule has 10 heteroatoms. The van der Waals surface area contributed by atoms with E-state index < -0.39 is 39.1 Å². The molecule has 3 rings (SSSR count). The lowest BCUT2D eigenvalue weighted by molar-refractivity contribution is -0.137. The van der Waals surface area contributed by atoms with Crippen LogP contribution >= 0.6 is 0 Å². The number of piperazine rings is 1. The van der Waals surface area contributed by atoms with E-state index >= 15 is 0 Å². The molecule has 1 aliphatic rings. The molecular formula is C16H14F3N3O3S. The first-order chi connectivity index (χ1) is 12.2. The Morgan fingerprint density at radius 2 is 1.85 bits per heavy atom. The summed E-state index contributed by atoms with van der Waals surface area (Å²) in [5, 5.41) is 0. The lowest BCUT2D eigenvalue weighted by Crippen LogP contribution is -2.52. The van der Waals surface area contributed by atoms with Crippen molar-refractivity contribution in [2.24, 2.45) is 0 Å². The molecule has 26 heavy (non-hydrogen) atoms. The molecule has 1 aromatic heterocycles. The molecule has 0 radical (unpaired) electrons. The average Bonchev–Trinajstić information content (AvgIpc) is 2.62. The summed E-state index contributed by atoms with van der Waals surface area (Å²) in [6.07, 6.45) is -1.63. The minimum atomic E-state index is -4.65. The summed E-state index contributed by atoms with van der Waals surface area (Å²) in [4.78, 5) is 17.1. The lowest BCUT2D eigenvalue weighted by atomic mass is 10.2. The number of rotatable bonds is 3.